The third-order valence-corrected chi connectivity index (χ3v) is 8.34. The maximum atomic E-state index is 6.69. The fraction of sp³-hybridized carbons (Fsp3) is 0.769. The second-order valence-corrected chi connectivity index (χ2v) is 10.5. The molecule has 0 unspecified atom stereocenters. The van der Waals surface area contributed by atoms with Gasteiger partial charge in [-0.2, -0.15) is 0 Å². The van der Waals surface area contributed by atoms with Crippen LogP contribution in [0.3, 0.4) is 0 Å². The molecule has 1 saturated carbocycles. The normalized spacial score (nSPS) is 45.0. The molecule has 4 aliphatic heterocycles. The van der Waals surface area contributed by atoms with Crippen molar-refractivity contribution in [2.24, 2.45) is 23.7 Å². The summed E-state index contributed by atoms with van der Waals surface area (Å²) >= 11 is 0. The lowest BCUT2D eigenvalue weighted by atomic mass is 9.58. The van der Waals surface area contributed by atoms with Crippen molar-refractivity contribution in [2.45, 2.75) is 103 Å². The monoisotopic (exact) mass is 430 g/mol. The van der Waals surface area contributed by atoms with Crippen LogP contribution in [0, 0.1) is 23.7 Å². The molecule has 6 rings (SSSR count). The van der Waals surface area contributed by atoms with E-state index >= 15 is 0 Å². The summed E-state index contributed by atoms with van der Waals surface area (Å²) in [7, 11) is 0. The van der Waals surface area contributed by atoms with Gasteiger partial charge in [-0.1, -0.05) is 57.5 Å². The molecule has 0 amide bonds. The van der Waals surface area contributed by atoms with Gasteiger partial charge in [-0.05, 0) is 56.4 Å². The van der Waals surface area contributed by atoms with E-state index in [9.17, 15) is 0 Å². The highest BCUT2D eigenvalue weighted by molar-refractivity contribution is 5.15. The maximum Gasteiger partial charge on any atom is 0.201 e. The molecule has 5 heteroatoms. The van der Waals surface area contributed by atoms with E-state index < -0.39 is 17.7 Å². The van der Waals surface area contributed by atoms with E-state index in [0.717, 1.165) is 38.5 Å². The standard InChI is InChI=1S/C26H38O5/c1-5-9-20(16-19-10-7-6-8-11-19)27-23-18(3)22-13-12-17(2)21-14-15-25(4)29-24(28-23)26(21,22)31-30-25/h6-8,10-11,17-18,20-24H,5,9,12-16H2,1-4H3/t17-,18-,20-,21+,22+,23+,24-,25-,26-/m1/s1. The van der Waals surface area contributed by atoms with E-state index in [1.807, 2.05) is 6.92 Å². The third kappa shape index (κ3) is 3.76. The molecule has 5 fully saturated rings. The van der Waals surface area contributed by atoms with Crippen molar-refractivity contribution >= 4 is 0 Å². The summed E-state index contributed by atoms with van der Waals surface area (Å²) in [6, 6.07) is 10.6. The van der Waals surface area contributed by atoms with Crippen molar-refractivity contribution in [1.29, 1.82) is 0 Å². The predicted molar refractivity (Wildman–Crippen MR) is 117 cm³/mol. The molecule has 4 saturated heterocycles. The van der Waals surface area contributed by atoms with Gasteiger partial charge in [0.25, 0.3) is 0 Å². The molecule has 172 valence electrons. The van der Waals surface area contributed by atoms with Crippen LogP contribution in [0.25, 0.3) is 0 Å². The van der Waals surface area contributed by atoms with Gasteiger partial charge in [0.2, 0.25) is 5.79 Å². The minimum absolute atomic E-state index is 0.128. The summed E-state index contributed by atoms with van der Waals surface area (Å²) in [6.45, 7) is 8.81. The zero-order valence-electron chi connectivity index (χ0n) is 19.4. The summed E-state index contributed by atoms with van der Waals surface area (Å²) in [4.78, 5) is 12.2. The largest absolute Gasteiger partial charge is 0.349 e. The lowest BCUT2D eigenvalue weighted by Crippen LogP contribution is -2.70. The average molecular weight is 431 g/mol. The van der Waals surface area contributed by atoms with Crippen molar-refractivity contribution < 1.29 is 24.0 Å². The van der Waals surface area contributed by atoms with Crippen molar-refractivity contribution in [3.8, 4) is 0 Å². The Bertz CT molecular complexity index is 755. The first-order valence-corrected chi connectivity index (χ1v) is 12.3. The Balaban J connectivity index is 1.40. The minimum atomic E-state index is -0.741. The van der Waals surface area contributed by atoms with Crippen LogP contribution in [0.15, 0.2) is 30.3 Å². The highest BCUT2D eigenvalue weighted by atomic mass is 17.3. The first-order valence-electron chi connectivity index (χ1n) is 12.3. The Labute approximate surface area is 186 Å². The fourth-order valence-corrected chi connectivity index (χ4v) is 6.63. The molecule has 0 N–H and O–H groups in total. The smallest absolute Gasteiger partial charge is 0.201 e. The molecule has 0 aromatic heterocycles. The molecule has 1 aromatic rings. The Hall–Kier alpha value is -0.980. The Morgan fingerprint density at radius 1 is 1.06 bits per heavy atom. The number of ether oxygens (including phenoxy) is 3. The molecule has 1 aromatic carbocycles. The molecule has 9 atom stereocenters. The Morgan fingerprint density at radius 2 is 1.87 bits per heavy atom. The van der Waals surface area contributed by atoms with Gasteiger partial charge in [-0.3, -0.25) is 0 Å². The Kier molecular flexibility index (Phi) is 5.93. The average Bonchev–Trinajstić information content (AvgIpc) is 2.99. The van der Waals surface area contributed by atoms with Crippen LogP contribution >= 0.6 is 0 Å². The molecule has 0 radical (unpaired) electrons. The van der Waals surface area contributed by atoms with E-state index in [1.165, 1.54) is 12.0 Å². The first-order chi connectivity index (χ1) is 14.9. The number of hydrogen-bond acceptors (Lipinski definition) is 5. The van der Waals surface area contributed by atoms with Crippen LogP contribution < -0.4 is 0 Å². The van der Waals surface area contributed by atoms with E-state index in [0.29, 0.717) is 17.8 Å². The van der Waals surface area contributed by atoms with Gasteiger partial charge in [-0.15, -0.1) is 0 Å². The lowest BCUT2D eigenvalue weighted by molar-refractivity contribution is -0.578. The highest BCUT2D eigenvalue weighted by Gasteiger charge is 2.69. The molecule has 5 aliphatic rings. The molecule has 2 bridgehead atoms. The third-order valence-electron chi connectivity index (χ3n) is 8.34. The Morgan fingerprint density at radius 3 is 2.65 bits per heavy atom. The van der Waals surface area contributed by atoms with E-state index in [1.54, 1.807) is 0 Å². The zero-order valence-corrected chi connectivity index (χ0v) is 19.4. The molecule has 1 aliphatic carbocycles. The molecular formula is C26H38O5. The topological polar surface area (TPSA) is 46.2 Å². The van der Waals surface area contributed by atoms with Gasteiger partial charge in [0, 0.05) is 18.3 Å². The second-order valence-electron chi connectivity index (χ2n) is 10.5. The van der Waals surface area contributed by atoms with Gasteiger partial charge < -0.3 is 14.2 Å². The summed E-state index contributed by atoms with van der Waals surface area (Å²) in [6.07, 6.45) is 6.60. The van der Waals surface area contributed by atoms with Gasteiger partial charge in [0.15, 0.2) is 18.2 Å². The molecule has 31 heavy (non-hydrogen) atoms. The summed E-state index contributed by atoms with van der Waals surface area (Å²) in [5.41, 5.74) is 0.786. The van der Waals surface area contributed by atoms with Gasteiger partial charge in [-0.25, -0.2) is 9.78 Å². The van der Waals surface area contributed by atoms with Crippen LogP contribution in [0.5, 0.6) is 0 Å². The quantitative estimate of drug-likeness (QED) is 0.548. The van der Waals surface area contributed by atoms with E-state index in [2.05, 4.69) is 51.1 Å². The second kappa shape index (κ2) is 8.42. The van der Waals surface area contributed by atoms with E-state index in [-0.39, 0.29) is 18.3 Å². The zero-order chi connectivity index (χ0) is 21.6. The summed E-state index contributed by atoms with van der Waals surface area (Å²) < 4.78 is 19.8. The number of fused-ring (bicyclic) bond motifs is 2. The molecule has 5 nitrogen and oxygen atoms in total. The van der Waals surface area contributed by atoms with Crippen molar-refractivity contribution in [2.75, 3.05) is 0 Å². The van der Waals surface area contributed by atoms with Crippen LogP contribution in [0.2, 0.25) is 0 Å². The fourth-order valence-electron chi connectivity index (χ4n) is 6.63. The molecular weight excluding hydrogens is 392 g/mol. The lowest BCUT2D eigenvalue weighted by Gasteiger charge is -2.60. The van der Waals surface area contributed by atoms with Crippen LogP contribution in [0.1, 0.15) is 71.8 Å². The van der Waals surface area contributed by atoms with Gasteiger partial charge in [0.1, 0.15) is 0 Å². The highest BCUT2D eigenvalue weighted by Crippen LogP contribution is 2.60. The summed E-state index contributed by atoms with van der Waals surface area (Å²) in [5, 5.41) is 0. The predicted octanol–water partition coefficient (Wildman–Crippen LogP) is 5.62. The van der Waals surface area contributed by atoms with Gasteiger partial charge in [0.05, 0.1) is 6.10 Å². The van der Waals surface area contributed by atoms with Crippen molar-refractivity contribution in [1.82, 2.24) is 0 Å². The van der Waals surface area contributed by atoms with E-state index in [4.69, 9.17) is 24.0 Å². The molecule has 1 spiro atoms. The number of benzene rings is 1. The van der Waals surface area contributed by atoms with Crippen LogP contribution in [0.4, 0.5) is 0 Å². The number of hydrogen-bond donors (Lipinski definition) is 0. The maximum absolute atomic E-state index is 6.69. The van der Waals surface area contributed by atoms with Gasteiger partial charge >= 0.3 is 0 Å². The SMILES string of the molecule is CCC[C@H](Cc1ccccc1)O[C@H]1O[C@@H]2O[C@@]3(C)CC[C@H]4[C@H](C)CC[C@@H]([C@H]1C)[C@@]24OO3. The summed E-state index contributed by atoms with van der Waals surface area (Å²) in [5.74, 6) is 0.746. The minimum Gasteiger partial charge on any atom is -0.349 e. The number of rotatable bonds is 6. The van der Waals surface area contributed by atoms with Crippen LogP contribution in [-0.2, 0) is 30.4 Å². The van der Waals surface area contributed by atoms with Crippen molar-refractivity contribution in [3.05, 3.63) is 35.9 Å². The van der Waals surface area contributed by atoms with Crippen LogP contribution in [-0.4, -0.2) is 30.1 Å². The first kappa shape index (κ1) is 21.8. The molecule has 4 heterocycles. The van der Waals surface area contributed by atoms with Crippen molar-refractivity contribution in [3.63, 3.8) is 0 Å².